The molecule has 0 amide bonds. The largest absolute Gasteiger partial charge is 0.391 e. The quantitative estimate of drug-likeness (QED) is 0.882. The Morgan fingerprint density at radius 2 is 2.22 bits per heavy atom. The normalized spacial score (nSPS) is 26.2. The zero-order valence-corrected chi connectivity index (χ0v) is 12.5. The van der Waals surface area contributed by atoms with Gasteiger partial charge in [0.1, 0.15) is 0 Å². The van der Waals surface area contributed by atoms with E-state index in [2.05, 4.69) is 46.0 Å². The summed E-state index contributed by atoms with van der Waals surface area (Å²) in [5.74, 6) is 0.392. The topological polar surface area (TPSA) is 49.5 Å². The molecule has 1 aromatic rings. The number of hydrogen-bond acceptors (Lipinski definition) is 3. The van der Waals surface area contributed by atoms with Crippen LogP contribution in [-0.4, -0.2) is 24.3 Å². The van der Waals surface area contributed by atoms with Crippen molar-refractivity contribution in [2.24, 2.45) is 11.7 Å². The molecule has 4 heteroatoms. The first-order valence-corrected chi connectivity index (χ1v) is 7.26. The average molecular weight is 313 g/mol. The van der Waals surface area contributed by atoms with Crippen molar-refractivity contribution in [1.29, 1.82) is 0 Å². The molecule has 0 aliphatic carbocycles. The van der Waals surface area contributed by atoms with Gasteiger partial charge >= 0.3 is 0 Å². The molecule has 18 heavy (non-hydrogen) atoms. The maximum Gasteiger partial charge on any atom is 0.0741 e. The fourth-order valence-corrected chi connectivity index (χ4v) is 2.98. The lowest BCUT2D eigenvalue weighted by Gasteiger charge is -2.36. The number of rotatable bonds is 2. The molecule has 0 spiro atoms. The van der Waals surface area contributed by atoms with Crippen LogP contribution in [0.1, 0.15) is 31.9 Å². The van der Waals surface area contributed by atoms with Crippen molar-refractivity contribution in [2.75, 3.05) is 18.0 Å². The zero-order valence-electron chi connectivity index (χ0n) is 10.9. The predicted octanol–water partition coefficient (Wildman–Crippen LogP) is 2.68. The van der Waals surface area contributed by atoms with Crippen LogP contribution in [0.2, 0.25) is 0 Å². The molecule has 100 valence electrons. The minimum absolute atomic E-state index is 0.0438. The number of β-amino-alcohol motifs (C(OH)–C–C–N with tert-alkyl or cyclic N) is 1. The van der Waals surface area contributed by atoms with Gasteiger partial charge in [-0.1, -0.05) is 13.0 Å². The van der Waals surface area contributed by atoms with Crippen LogP contribution in [0.15, 0.2) is 22.7 Å². The number of anilines is 1. The first-order valence-electron chi connectivity index (χ1n) is 6.47. The van der Waals surface area contributed by atoms with Crippen LogP contribution in [0.25, 0.3) is 0 Å². The van der Waals surface area contributed by atoms with Crippen molar-refractivity contribution in [2.45, 2.75) is 32.4 Å². The lowest BCUT2D eigenvalue weighted by molar-refractivity contribution is 0.103. The van der Waals surface area contributed by atoms with Crippen molar-refractivity contribution in [3.05, 3.63) is 28.2 Å². The third kappa shape index (κ3) is 2.87. The standard InChI is InChI=1S/C14H21BrN2O/c1-9-5-6-17(8-14(9)18)13-4-3-11(10(2)16)7-12(13)15/h3-4,7,9-10,14,18H,5-6,8,16H2,1-2H3/t9?,10-,14?/m0/s1. The van der Waals surface area contributed by atoms with Crippen LogP contribution < -0.4 is 10.6 Å². The van der Waals surface area contributed by atoms with Crippen LogP contribution in [0.4, 0.5) is 5.69 Å². The number of benzene rings is 1. The van der Waals surface area contributed by atoms with Crippen LogP contribution in [-0.2, 0) is 0 Å². The summed E-state index contributed by atoms with van der Waals surface area (Å²) in [7, 11) is 0. The molecule has 3 nitrogen and oxygen atoms in total. The second-order valence-electron chi connectivity index (χ2n) is 5.28. The van der Waals surface area contributed by atoms with E-state index in [9.17, 15) is 5.11 Å². The fraction of sp³-hybridized carbons (Fsp3) is 0.571. The van der Waals surface area contributed by atoms with Crippen LogP contribution in [0.3, 0.4) is 0 Å². The summed E-state index contributed by atoms with van der Waals surface area (Å²) in [5.41, 5.74) is 8.14. The lowest BCUT2D eigenvalue weighted by atomic mass is 9.95. The van der Waals surface area contributed by atoms with E-state index in [0.717, 1.165) is 28.7 Å². The number of aliphatic hydroxyl groups is 1. The Morgan fingerprint density at radius 1 is 1.50 bits per heavy atom. The van der Waals surface area contributed by atoms with E-state index in [0.29, 0.717) is 12.5 Å². The predicted molar refractivity (Wildman–Crippen MR) is 78.7 cm³/mol. The maximum absolute atomic E-state index is 9.97. The van der Waals surface area contributed by atoms with E-state index in [4.69, 9.17) is 5.73 Å². The van der Waals surface area contributed by atoms with E-state index in [1.807, 2.05) is 6.92 Å². The van der Waals surface area contributed by atoms with E-state index in [1.165, 1.54) is 0 Å². The Balaban J connectivity index is 2.19. The number of hydrogen-bond donors (Lipinski definition) is 2. The highest BCUT2D eigenvalue weighted by atomic mass is 79.9. The summed E-state index contributed by atoms with van der Waals surface area (Å²) >= 11 is 3.61. The highest BCUT2D eigenvalue weighted by Crippen LogP contribution is 2.31. The van der Waals surface area contributed by atoms with Gasteiger partial charge in [-0.25, -0.2) is 0 Å². The van der Waals surface area contributed by atoms with Crippen molar-refractivity contribution < 1.29 is 5.11 Å². The second-order valence-corrected chi connectivity index (χ2v) is 6.13. The fourth-order valence-electron chi connectivity index (χ4n) is 2.33. The first kappa shape index (κ1) is 13.8. The van der Waals surface area contributed by atoms with Gasteiger partial charge in [0.15, 0.2) is 0 Å². The molecule has 0 saturated carbocycles. The van der Waals surface area contributed by atoms with Gasteiger partial charge in [-0.05, 0) is 52.9 Å². The molecule has 1 heterocycles. The SMILES string of the molecule is CC1CCN(c2ccc([C@H](C)N)cc2Br)CC1O. The molecule has 1 fully saturated rings. The van der Waals surface area contributed by atoms with Gasteiger partial charge in [0.05, 0.1) is 11.8 Å². The van der Waals surface area contributed by atoms with E-state index in [-0.39, 0.29) is 12.1 Å². The average Bonchev–Trinajstić information content (AvgIpc) is 2.32. The Hall–Kier alpha value is -0.580. The van der Waals surface area contributed by atoms with E-state index >= 15 is 0 Å². The summed E-state index contributed by atoms with van der Waals surface area (Å²) in [6.07, 6.45) is 0.793. The number of halogens is 1. The molecule has 3 atom stereocenters. The number of aliphatic hydroxyl groups excluding tert-OH is 1. The van der Waals surface area contributed by atoms with Crippen molar-refractivity contribution in [3.8, 4) is 0 Å². The Kier molecular flexibility index (Phi) is 4.30. The molecule has 1 saturated heterocycles. The van der Waals surface area contributed by atoms with Gasteiger partial charge in [-0.15, -0.1) is 0 Å². The minimum Gasteiger partial charge on any atom is -0.391 e. The molecule has 2 unspecified atom stereocenters. The van der Waals surface area contributed by atoms with E-state index < -0.39 is 0 Å². The summed E-state index contributed by atoms with van der Waals surface area (Å²) in [6, 6.07) is 6.27. The van der Waals surface area contributed by atoms with Crippen LogP contribution in [0, 0.1) is 5.92 Å². The summed E-state index contributed by atoms with van der Waals surface area (Å²) in [4.78, 5) is 2.24. The molecule has 0 radical (unpaired) electrons. The van der Waals surface area contributed by atoms with Crippen LogP contribution >= 0.6 is 15.9 Å². The molecular formula is C14H21BrN2O. The molecule has 0 bridgehead atoms. The van der Waals surface area contributed by atoms with Gasteiger partial charge in [0.2, 0.25) is 0 Å². The third-order valence-electron chi connectivity index (χ3n) is 3.76. The van der Waals surface area contributed by atoms with Gasteiger partial charge in [-0.3, -0.25) is 0 Å². The maximum atomic E-state index is 9.97. The zero-order chi connectivity index (χ0) is 13.3. The van der Waals surface area contributed by atoms with Crippen molar-refractivity contribution in [1.82, 2.24) is 0 Å². The second kappa shape index (κ2) is 5.59. The number of nitrogens with two attached hydrogens (primary N) is 1. The van der Waals surface area contributed by atoms with Gasteiger partial charge in [0, 0.05) is 23.6 Å². The van der Waals surface area contributed by atoms with Crippen LogP contribution in [0.5, 0.6) is 0 Å². The highest BCUT2D eigenvalue weighted by molar-refractivity contribution is 9.10. The van der Waals surface area contributed by atoms with Gasteiger partial charge in [0.25, 0.3) is 0 Å². The third-order valence-corrected chi connectivity index (χ3v) is 4.39. The molecular weight excluding hydrogens is 292 g/mol. The monoisotopic (exact) mass is 312 g/mol. The molecule has 2 rings (SSSR count). The number of piperidine rings is 1. The number of nitrogens with zero attached hydrogens (tertiary/aromatic N) is 1. The first-order chi connectivity index (χ1) is 8.49. The smallest absolute Gasteiger partial charge is 0.0741 e. The molecule has 1 aliphatic heterocycles. The van der Waals surface area contributed by atoms with E-state index in [1.54, 1.807) is 0 Å². The summed E-state index contributed by atoms with van der Waals surface area (Å²) in [5, 5.41) is 9.97. The molecule has 1 aromatic carbocycles. The lowest BCUT2D eigenvalue weighted by Crippen LogP contribution is -2.43. The highest BCUT2D eigenvalue weighted by Gasteiger charge is 2.25. The Labute approximate surface area is 117 Å². The molecule has 3 N–H and O–H groups in total. The van der Waals surface area contributed by atoms with Crippen molar-refractivity contribution in [3.63, 3.8) is 0 Å². The van der Waals surface area contributed by atoms with Gasteiger partial charge in [-0.2, -0.15) is 0 Å². The van der Waals surface area contributed by atoms with Gasteiger partial charge < -0.3 is 15.7 Å². The Bertz CT molecular complexity index is 422. The molecule has 1 aliphatic rings. The Morgan fingerprint density at radius 3 is 2.78 bits per heavy atom. The summed E-state index contributed by atoms with van der Waals surface area (Å²) < 4.78 is 1.05. The molecule has 0 aromatic heterocycles. The summed E-state index contributed by atoms with van der Waals surface area (Å²) in [6.45, 7) is 5.79. The minimum atomic E-state index is -0.237. The van der Waals surface area contributed by atoms with Crippen molar-refractivity contribution >= 4 is 21.6 Å².